The molecule has 3 nitrogen and oxygen atoms in total. The Bertz CT molecular complexity index is 410. The van der Waals surface area contributed by atoms with E-state index in [4.69, 9.17) is 15.7 Å². The summed E-state index contributed by atoms with van der Waals surface area (Å²) in [7, 11) is 0. The number of rotatable bonds is 4. The third-order valence-corrected chi connectivity index (χ3v) is 2.27. The number of nitrogens with two attached hydrogens (primary N) is 1. The molecule has 0 amide bonds. The second-order valence-electron chi connectivity index (χ2n) is 4.28. The molecule has 0 spiro atoms. The van der Waals surface area contributed by atoms with Gasteiger partial charge in [0.1, 0.15) is 11.6 Å². The van der Waals surface area contributed by atoms with Crippen LogP contribution in [0.1, 0.15) is 20.3 Å². The van der Waals surface area contributed by atoms with Crippen LogP contribution in [0.4, 0.5) is 10.1 Å². The molecular formula is C12H15FN2O. The average molecular weight is 222 g/mol. The highest BCUT2D eigenvalue weighted by molar-refractivity contribution is 5.43. The van der Waals surface area contributed by atoms with Gasteiger partial charge in [-0.1, -0.05) is 0 Å². The molecule has 0 aliphatic rings. The molecule has 0 bridgehead atoms. The van der Waals surface area contributed by atoms with Crippen molar-refractivity contribution in [2.45, 2.75) is 20.3 Å². The molecule has 1 aromatic rings. The first-order chi connectivity index (χ1) is 7.44. The summed E-state index contributed by atoms with van der Waals surface area (Å²) in [4.78, 5) is 0. The zero-order chi connectivity index (χ0) is 12.2. The number of anilines is 1. The molecule has 0 aromatic heterocycles. The Balaban J connectivity index is 2.50. The van der Waals surface area contributed by atoms with E-state index < -0.39 is 11.2 Å². The van der Waals surface area contributed by atoms with Crippen LogP contribution < -0.4 is 10.5 Å². The van der Waals surface area contributed by atoms with Crippen LogP contribution in [-0.2, 0) is 0 Å². The van der Waals surface area contributed by atoms with Gasteiger partial charge in [-0.15, -0.1) is 0 Å². The highest BCUT2D eigenvalue weighted by Crippen LogP contribution is 2.21. The molecular weight excluding hydrogens is 207 g/mol. The van der Waals surface area contributed by atoms with Crippen LogP contribution in [0.25, 0.3) is 0 Å². The van der Waals surface area contributed by atoms with Crippen LogP contribution in [0, 0.1) is 22.6 Å². The van der Waals surface area contributed by atoms with Crippen LogP contribution >= 0.6 is 0 Å². The zero-order valence-corrected chi connectivity index (χ0v) is 9.46. The number of nitrogens with zero attached hydrogens (tertiary/aromatic N) is 1. The van der Waals surface area contributed by atoms with E-state index in [-0.39, 0.29) is 5.69 Å². The van der Waals surface area contributed by atoms with Crippen LogP contribution in [0.2, 0.25) is 0 Å². The molecule has 0 saturated heterocycles. The van der Waals surface area contributed by atoms with Gasteiger partial charge >= 0.3 is 0 Å². The number of nitrogen functional groups attached to an aromatic ring is 1. The van der Waals surface area contributed by atoms with Crippen molar-refractivity contribution in [3.05, 3.63) is 24.0 Å². The van der Waals surface area contributed by atoms with Crippen molar-refractivity contribution in [3.8, 4) is 11.8 Å². The zero-order valence-electron chi connectivity index (χ0n) is 9.46. The Hall–Kier alpha value is -1.76. The minimum Gasteiger partial charge on any atom is -0.493 e. The lowest BCUT2D eigenvalue weighted by Crippen LogP contribution is -2.13. The quantitative estimate of drug-likeness (QED) is 0.797. The summed E-state index contributed by atoms with van der Waals surface area (Å²) < 4.78 is 18.4. The van der Waals surface area contributed by atoms with Gasteiger partial charge in [-0.3, -0.25) is 0 Å². The molecule has 2 N–H and O–H groups in total. The van der Waals surface area contributed by atoms with Gasteiger partial charge in [0.05, 0.1) is 23.8 Å². The van der Waals surface area contributed by atoms with Gasteiger partial charge in [-0.25, -0.2) is 4.39 Å². The van der Waals surface area contributed by atoms with Crippen LogP contribution in [0.5, 0.6) is 5.75 Å². The maximum atomic E-state index is 13.0. The monoisotopic (exact) mass is 222 g/mol. The maximum absolute atomic E-state index is 13.0. The highest BCUT2D eigenvalue weighted by atomic mass is 19.1. The third kappa shape index (κ3) is 3.43. The highest BCUT2D eigenvalue weighted by Gasteiger charge is 2.16. The summed E-state index contributed by atoms with van der Waals surface area (Å²) in [5.74, 6) is -0.0579. The van der Waals surface area contributed by atoms with E-state index in [1.807, 2.05) is 13.8 Å². The van der Waals surface area contributed by atoms with Crippen LogP contribution in [-0.4, -0.2) is 6.61 Å². The van der Waals surface area contributed by atoms with Gasteiger partial charge in [0, 0.05) is 6.07 Å². The molecule has 0 unspecified atom stereocenters. The summed E-state index contributed by atoms with van der Waals surface area (Å²) in [5.41, 5.74) is 5.01. The fraction of sp³-hybridized carbons (Fsp3) is 0.417. The van der Waals surface area contributed by atoms with Crippen molar-refractivity contribution in [1.82, 2.24) is 0 Å². The SMILES string of the molecule is CC(C)(C#N)CCOc1ccc(N)c(F)c1. The van der Waals surface area contributed by atoms with Crippen molar-refractivity contribution in [2.75, 3.05) is 12.3 Å². The largest absolute Gasteiger partial charge is 0.493 e. The van der Waals surface area contributed by atoms with Gasteiger partial charge < -0.3 is 10.5 Å². The van der Waals surface area contributed by atoms with E-state index in [1.165, 1.54) is 12.1 Å². The van der Waals surface area contributed by atoms with E-state index >= 15 is 0 Å². The minimum absolute atomic E-state index is 0.102. The van der Waals surface area contributed by atoms with Crippen LogP contribution in [0.15, 0.2) is 18.2 Å². The van der Waals surface area contributed by atoms with Gasteiger partial charge in [-0.05, 0) is 32.4 Å². The number of nitriles is 1. The Kier molecular flexibility index (Phi) is 3.73. The molecule has 16 heavy (non-hydrogen) atoms. The van der Waals surface area contributed by atoms with E-state index in [9.17, 15) is 4.39 Å². The minimum atomic E-state index is -0.489. The predicted molar refractivity (Wildman–Crippen MR) is 60.3 cm³/mol. The Morgan fingerprint density at radius 2 is 2.19 bits per heavy atom. The van der Waals surface area contributed by atoms with E-state index in [0.717, 1.165) is 0 Å². The molecule has 0 fully saturated rings. The van der Waals surface area contributed by atoms with Crippen molar-refractivity contribution in [3.63, 3.8) is 0 Å². The number of ether oxygens (including phenoxy) is 1. The number of hydrogen-bond donors (Lipinski definition) is 1. The molecule has 0 aliphatic carbocycles. The molecule has 4 heteroatoms. The van der Waals surface area contributed by atoms with Gasteiger partial charge in [0.25, 0.3) is 0 Å². The Labute approximate surface area is 94.6 Å². The van der Waals surface area contributed by atoms with Crippen LogP contribution in [0.3, 0.4) is 0 Å². The van der Waals surface area contributed by atoms with Gasteiger partial charge in [-0.2, -0.15) is 5.26 Å². The Morgan fingerprint density at radius 1 is 1.50 bits per heavy atom. The van der Waals surface area contributed by atoms with Gasteiger partial charge in [0.2, 0.25) is 0 Å². The summed E-state index contributed by atoms with van der Waals surface area (Å²) in [6.07, 6.45) is 0.593. The molecule has 0 heterocycles. The lowest BCUT2D eigenvalue weighted by atomic mass is 9.92. The maximum Gasteiger partial charge on any atom is 0.149 e. The fourth-order valence-electron chi connectivity index (χ4n) is 1.08. The second kappa shape index (κ2) is 4.84. The third-order valence-electron chi connectivity index (χ3n) is 2.27. The molecule has 1 aromatic carbocycles. The lowest BCUT2D eigenvalue weighted by molar-refractivity contribution is 0.263. The van der Waals surface area contributed by atoms with Crippen molar-refractivity contribution < 1.29 is 9.13 Å². The topological polar surface area (TPSA) is 59.0 Å². The summed E-state index contributed by atoms with van der Waals surface area (Å²) in [6.45, 7) is 4.05. The molecule has 1 rings (SSSR count). The number of benzene rings is 1. The van der Waals surface area contributed by atoms with E-state index in [0.29, 0.717) is 18.8 Å². The molecule has 0 aliphatic heterocycles. The summed E-state index contributed by atoms with van der Waals surface area (Å²) in [5, 5.41) is 8.79. The molecule has 0 saturated carbocycles. The normalized spacial score (nSPS) is 10.9. The number of halogens is 1. The smallest absolute Gasteiger partial charge is 0.149 e. The molecule has 86 valence electrons. The predicted octanol–water partition coefficient (Wildman–Crippen LogP) is 2.73. The van der Waals surface area contributed by atoms with Crippen molar-refractivity contribution >= 4 is 5.69 Å². The van der Waals surface area contributed by atoms with E-state index in [1.54, 1.807) is 6.07 Å². The molecule has 0 radical (unpaired) electrons. The number of hydrogen-bond acceptors (Lipinski definition) is 3. The average Bonchev–Trinajstić information content (AvgIpc) is 2.23. The lowest BCUT2D eigenvalue weighted by Gasteiger charge is -2.15. The first-order valence-electron chi connectivity index (χ1n) is 5.04. The molecule has 0 atom stereocenters. The van der Waals surface area contributed by atoms with Gasteiger partial charge in [0.15, 0.2) is 0 Å². The fourth-order valence-corrected chi connectivity index (χ4v) is 1.08. The van der Waals surface area contributed by atoms with E-state index in [2.05, 4.69) is 6.07 Å². The Morgan fingerprint density at radius 3 is 2.75 bits per heavy atom. The first kappa shape index (κ1) is 12.3. The summed E-state index contributed by atoms with van der Waals surface area (Å²) >= 11 is 0. The second-order valence-corrected chi connectivity index (χ2v) is 4.28. The van der Waals surface area contributed by atoms with Crippen molar-refractivity contribution in [1.29, 1.82) is 5.26 Å². The van der Waals surface area contributed by atoms with Crippen molar-refractivity contribution in [2.24, 2.45) is 5.41 Å². The first-order valence-corrected chi connectivity index (χ1v) is 5.04. The summed E-state index contributed by atoms with van der Waals surface area (Å²) in [6, 6.07) is 6.49. The standard InChI is InChI=1S/C12H15FN2O/c1-12(2,8-14)5-6-16-9-3-4-11(15)10(13)7-9/h3-4,7H,5-6,15H2,1-2H3.